The van der Waals surface area contributed by atoms with Gasteiger partial charge in [-0.3, -0.25) is 0 Å². The molecule has 1 aromatic carbocycles. The Labute approximate surface area is 163 Å². The molecule has 1 fully saturated rings. The monoisotopic (exact) mass is 374 g/mol. The zero-order valence-electron chi connectivity index (χ0n) is 15.5. The molecule has 1 N–H and O–H groups in total. The van der Waals surface area contributed by atoms with Crippen LogP contribution >= 0.6 is 0 Å². The summed E-state index contributed by atoms with van der Waals surface area (Å²) in [6.45, 7) is 1.62. The van der Waals surface area contributed by atoms with Gasteiger partial charge in [0, 0.05) is 31.2 Å². The molecule has 0 unspecified atom stereocenters. The van der Waals surface area contributed by atoms with Crippen molar-refractivity contribution in [3.63, 3.8) is 0 Å². The molecule has 6 heteroatoms. The number of ether oxygens (including phenoxy) is 1. The number of fused-ring (bicyclic) bond motifs is 4. The minimum Gasteiger partial charge on any atom is -0.445 e. The van der Waals surface area contributed by atoms with E-state index in [1.807, 2.05) is 47.5 Å². The number of amides is 1. The Kier molecular flexibility index (Phi) is 4.04. The van der Waals surface area contributed by atoms with Crippen molar-refractivity contribution in [1.29, 1.82) is 0 Å². The molecule has 1 spiro atoms. The molecular formula is C22H22N4O2. The van der Waals surface area contributed by atoms with E-state index >= 15 is 0 Å². The fourth-order valence-electron chi connectivity index (χ4n) is 4.23. The molecule has 2 aliphatic heterocycles. The van der Waals surface area contributed by atoms with Crippen LogP contribution in [-0.4, -0.2) is 33.6 Å². The van der Waals surface area contributed by atoms with Gasteiger partial charge in [-0.1, -0.05) is 30.3 Å². The molecule has 142 valence electrons. The summed E-state index contributed by atoms with van der Waals surface area (Å²) in [6, 6.07) is 18.0. The van der Waals surface area contributed by atoms with Crippen molar-refractivity contribution in [3.8, 4) is 5.82 Å². The number of anilines is 1. The smallest absolute Gasteiger partial charge is 0.410 e. The molecule has 28 heavy (non-hydrogen) atoms. The van der Waals surface area contributed by atoms with E-state index in [1.54, 1.807) is 0 Å². The number of nitrogens with zero attached hydrogens (tertiary/aromatic N) is 3. The summed E-state index contributed by atoms with van der Waals surface area (Å²) in [4.78, 5) is 18.8. The molecule has 0 bridgehead atoms. The van der Waals surface area contributed by atoms with Gasteiger partial charge in [0.15, 0.2) is 5.82 Å². The van der Waals surface area contributed by atoms with Crippen LogP contribution < -0.4 is 5.32 Å². The number of piperidine rings is 1. The summed E-state index contributed by atoms with van der Waals surface area (Å²) < 4.78 is 7.67. The predicted molar refractivity (Wildman–Crippen MR) is 106 cm³/mol. The average molecular weight is 374 g/mol. The van der Waals surface area contributed by atoms with Gasteiger partial charge in [-0.15, -0.1) is 0 Å². The zero-order valence-corrected chi connectivity index (χ0v) is 15.5. The Morgan fingerprint density at radius 3 is 2.71 bits per heavy atom. The van der Waals surface area contributed by atoms with Gasteiger partial charge in [0.2, 0.25) is 0 Å². The van der Waals surface area contributed by atoms with Crippen LogP contribution in [0.15, 0.2) is 67.0 Å². The number of pyridine rings is 1. The Morgan fingerprint density at radius 2 is 1.89 bits per heavy atom. The molecule has 1 saturated heterocycles. The molecular weight excluding hydrogens is 352 g/mol. The van der Waals surface area contributed by atoms with E-state index in [2.05, 4.69) is 39.3 Å². The Balaban J connectivity index is 1.29. The molecule has 5 rings (SSSR count). The first kappa shape index (κ1) is 16.9. The molecule has 1 amide bonds. The van der Waals surface area contributed by atoms with Gasteiger partial charge in [-0.05, 0) is 42.7 Å². The Hall–Kier alpha value is -3.28. The number of likely N-dealkylation sites (tertiary alicyclic amines) is 1. The second kappa shape index (κ2) is 6.71. The van der Waals surface area contributed by atoms with Crippen molar-refractivity contribution in [3.05, 3.63) is 78.2 Å². The minimum absolute atomic E-state index is 0.185. The van der Waals surface area contributed by atoms with E-state index in [9.17, 15) is 4.79 Å². The molecule has 6 nitrogen and oxygen atoms in total. The molecule has 0 atom stereocenters. The van der Waals surface area contributed by atoms with Crippen molar-refractivity contribution < 1.29 is 9.53 Å². The highest BCUT2D eigenvalue weighted by molar-refractivity contribution is 5.68. The maximum Gasteiger partial charge on any atom is 0.410 e. The lowest BCUT2D eigenvalue weighted by molar-refractivity contribution is 0.0794. The van der Waals surface area contributed by atoms with Crippen molar-refractivity contribution in [1.82, 2.24) is 14.5 Å². The molecule has 0 aliphatic carbocycles. The molecule has 2 aromatic heterocycles. The fourth-order valence-corrected chi connectivity index (χ4v) is 4.23. The molecule has 2 aliphatic rings. The van der Waals surface area contributed by atoms with Crippen LogP contribution in [0.3, 0.4) is 0 Å². The molecule has 0 saturated carbocycles. The first-order valence-corrected chi connectivity index (χ1v) is 9.62. The Bertz CT molecular complexity index is 991. The third-order valence-corrected chi connectivity index (χ3v) is 5.71. The highest BCUT2D eigenvalue weighted by atomic mass is 16.6. The van der Waals surface area contributed by atoms with Gasteiger partial charge in [0.1, 0.15) is 6.61 Å². The number of carbonyl (C=O) groups is 1. The van der Waals surface area contributed by atoms with E-state index < -0.39 is 0 Å². The number of rotatable bonds is 2. The maximum atomic E-state index is 12.5. The van der Waals surface area contributed by atoms with Crippen molar-refractivity contribution in [2.75, 3.05) is 18.4 Å². The number of aromatic nitrogens is 2. The molecule has 0 radical (unpaired) electrons. The maximum absolute atomic E-state index is 12.5. The standard InChI is InChI=1S/C22H22N4O2/c27-21(28-16-17-6-2-1-3-7-17)25-14-10-22(11-15-25)19-9-5-13-26(19)20-18(24-22)8-4-12-23-20/h1-9,12-13,24H,10-11,14-16H2. The second-order valence-electron chi connectivity index (χ2n) is 7.37. The number of benzene rings is 1. The van der Waals surface area contributed by atoms with Crippen molar-refractivity contribution in [2.24, 2.45) is 0 Å². The summed E-state index contributed by atoms with van der Waals surface area (Å²) in [5.74, 6) is 0.929. The van der Waals surface area contributed by atoms with Crippen LogP contribution in [0.5, 0.6) is 0 Å². The number of nitrogens with one attached hydrogen (secondary N) is 1. The van der Waals surface area contributed by atoms with E-state index in [-0.39, 0.29) is 11.6 Å². The lowest BCUT2D eigenvalue weighted by Gasteiger charge is -2.45. The summed E-state index contributed by atoms with van der Waals surface area (Å²) >= 11 is 0. The number of carbonyl (C=O) groups excluding carboxylic acids is 1. The van der Waals surface area contributed by atoms with Crippen LogP contribution in [0.2, 0.25) is 0 Å². The lowest BCUT2D eigenvalue weighted by Crippen LogP contribution is -2.51. The average Bonchev–Trinajstić information content (AvgIpc) is 3.25. The van der Waals surface area contributed by atoms with Gasteiger partial charge in [0.25, 0.3) is 0 Å². The van der Waals surface area contributed by atoms with Crippen molar-refractivity contribution in [2.45, 2.75) is 25.0 Å². The van der Waals surface area contributed by atoms with Crippen LogP contribution in [0.4, 0.5) is 10.5 Å². The van der Waals surface area contributed by atoms with E-state index in [0.717, 1.165) is 29.9 Å². The molecule has 3 aromatic rings. The van der Waals surface area contributed by atoms with Crippen LogP contribution in [-0.2, 0) is 16.9 Å². The fraction of sp³-hybridized carbons (Fsp3) is 0.273. The normalized spacial score (nSPS) is 16.8. The quantitative estimate of drug-likeness (QED) is 0.738. The highest BCUT2D eigenvalue weighted by Crippen LogP contribution is 2.42. The van der Waals surface area contributed by atoms with E-state index in [1.165, 1.54) is 5.69 Å². The van der Waals surface area contributed by atoms with Gasteiger partial charge < -0.3 is 19.5 Å². The van der Waals surface area contributed by atoms with Crippen LogP contribution in [0.1, 0.15) is 24.1 Å². The third-order valence-electron chi connectivity index (χ3n) is 5.71. The first-order chi connectivity index (χ1) is 13.8. The van der Waals surface area contributed by atoms with Gasteiger partial charge >= 0.3 is 6.09 Å². The lowest BCUT2D eigenvalue weighted by atomic mass is 9.83. The highest BCUT2D eigenvalue weighted by Gasteiger charge is 2.42. The summed E-state index contributed by atoms with van der Waals surface area (Å²) in [7, 11) is 0. The summed E-state index contributed by atoms with van der Waals surface area (Å²) in [5, 5.41) is 3.71. The Morgan fingerprint density at radius 1 is 1.07 bits per heavy atom. The second-order valence-corrected chi connectivity index (χ2v) is 7.37. The number of hydrogen-bond acceptors (Lipinski definition) is 4. The largest absolute Gasteiger partial charge is 0.445 e. The SMILES string of the molecule is O=C(OCc1ccccc1)N1CCC2(CC1)Nc1cccnc1-n1cccc12. The van der Waals surface area contributed by atoms with Gasteiger partial charge in [0.05, 0.1) is 11.2 Å². The van der Waals surface area contributed by atoms with Gasteiger partial charge in [-0.25, -0.2) is 9.78 Å². The third kappa shape index (κ3) is 2.81. The van der Waals surface area contributed by atoms with Crippen molar-refractivity contribution >= 4 is 11.8 Å². The first-order valence-electron chi connectivity index (χ1n) is 9.62. The zero-order chi connectivity index (χ0) is 19.0. The van der Waals surface area contributed by atoms with E-state index in [0.29, 0.717) is 19.7 Å². The minimum atomic E-state index is -0.244. The van der Waals surface area contributed by atoms with E-state index in [4.69, 9.17) is 4.74 Å². The summed E-state index contributed by atoms with van der Waals surface area (Å²) in [5.41, 5.74) is 3.05. The molecule has 4 heterocycles. The summed E-state index contributed by atoms with van der Waals surface area (Å²) in [6.07, 6.45) is 5.28. The predicted octanol–water partition coefficient (Wildman–Crippen LogP) is 3.93. The van der Waals surface area contributed by atoms with Crippen LogP contribution in [0.25, 0.3) is 5.82 Å². The van der Waals surface area contributed by atoms with Crippen LogP contribution in [0, 0.1) is 0 Å². The van der Waals surface area contributed by atoms with Gasteiger partial charge in [-0.2, -0.15) is 0 Å². The number of hydrogen-bond donors (Lipinski definition) is 1. The topological polar surface area (TPSA) is 59.4 Å².